The molecule has 36 heavy (non-hydrogen) atoms. The number of fused-ring (bicyclic) bond motifs is 1. The van der Waals surface area contributed by atoms with Gasteiger partial charge in [-0.1, -0.05) is 34.8 Å². The van der Waals surface area contributed by atoms with Crippen molar-refractivity contribution >= 4 is 57.7 Å². The molecule has 1 aliphatic heterocycles. The number of aromatic nitrogens is 6. The fourth-order valence-electron chi connectivity index (χ4n) is 4.37. The molecule has 0 unspecified atom stereocenters. The van der Waals surface area contributed by atoms with Crippen molar-refractivity contribution in [1.29, 1.82) is 0 Å². The average molecular weight is 538 g/mol. The highest BCUT2D eigenvalue weighted by atomic mass is 35.5. The zero-order valence-electron chi connectivity index (χ0n) is 18.9. The molecule has 0 saturated carbocycles. The van der Waals surface area contributed by atoms with Crippen LogP contribution in [-0.2, 0) is 0 Å². The van der Waals surface area contributed by atoms with E-state index in [0.717, 1.165) is 49.2 Å². The Morgan fingerprint density at radius 2 is 1.42 bits per heavy atom. The van der Waals surface area contributed by atoms with Crippen LogP contribution < -0.4 is 9.80 Å². The molecule has 1 aliphatic rings. The summed E-state index contributed by atoms with van der Waals surface area (Å²) in [5, 5.41) is 1.70. The maximum absolute atomic E-state index is 6.62. The summed E-state index contributed by atoms with van der Waals surface area (Å²) in [7, 11) is 0. The zero-order valence-corrected chi connectivity index (χ0v) is 21.2. The van der Waals surface area contributed by atoms with Gasteiger partial charge in [0.25, 0.3) is 0 Å². The van der Waals surface area contributed by atoms with Crippen molar-refractivity contribution in [1.82, 2.24) is 29.5 Å². The second kappa shape index (κ2) is 9.54. The Balaban J connectivity index is 1.45. The first-order valence-corrected chi connectivity index (χ1v) is 12.4. The minimum atomic E-state index is 0.499. The van der Waals surface area contributed by atoms with Crippen LogP contribution in [0, 0.1) is 0 Å². The van der Waals surface area contributed by atoms with E-state index >= 15 is 0 Å². The van der Waals surface area contributed by atoms with Gasteiger partial charge in [-0.2, -0.15) is 0 Å². The van der Waals surface area contributed by atoms with Crippen molar-refractivity contribution in [2.75, 3.05) is 36.0 Å². The standard InChI is InChI=1S/C25H19Cl3N8/c26-16-2-5-18(6-3-16)36-22(19-7-4-17(27)14-20(19)28)33-21-23(31-15-32-24(21)36)34-10-12-35(13-11-34)25-29-8-1-9-30-25/h1-9,14-15H,10-13H2. The third-order valence-corrected chi connectivity index (χ3v) is 6.90. The van der Waals surface area contributed by atoms with Crippen LogP contribution in [0.1, 0.15) is 0 Å². The van der Waals surface area contributed by atoms with Crippen LogP contribution in [0.4, 0.5) is 11.8 Å². The average Bonchev–Trinajstić information content (AvgIpc) is 3.29. The van der Waals surface area contributed by atoms with Crippen molar-refractivity contribution in [2.24, 2.45) is 0 Å². The summed E-state index contributed by atoms with van der Waals surface area (Å²) in [6.07, 6.45) is 5.09. The minimum Gasteiger partial charge on any atom is -0.351 e. The molecular weight excluding hydrogens is 519 g/mol. The highest BCUT2D eigenvalue weighted by molar-refractivity contribution is 6.36. The van der Waals surface area contributed by atoms with Crippen molar-refractivity contribution in [3.05, 3.63) is 82.3 Å². The molecule has 4 heterocycles. The van der Waals surface area contributed by atoms with Gasteiger partial charge in [-0.25, -0.2) is 24.9 Å². The fraction of sp³-hybridized carbons (Fsp3) is 0.160. The number of nitrogens with zero attached hydrogens (tertiary/aromatic N) is 8. The molecule has 0 atom stereocenters. The van der Waals surface area contributed by atoms with E-state index in [0.29, 0.717) is 32.1 Å². The van der Waals surface area contributed by atoms with Crippen molar-refractivity contribution in [3.63, 3.8) is 0 Å². The lowest BCUT2D eigenvalue weighted by molar-refractivity contribution is 0.635. The van der Waals surface area contributed by atoms with E-state index in [4.69, 9.17) is 39.8 Å². The normalized spacial score (nSPS) is 14.0. The predicted molar refractivity (Wildman–Crippen MR) is 144 cm³/mol. The Hall–Kier alpha value is -3.46. The first-order valence-electron chi connectivity index (χ1n) is 11.3. The summed E-state index contributed by atoms with van der Waals surface area (Å²) in [6.45, 7) is 3.02. The first-order chi connectivity index (χ1) is 17.6. The van der Waals surface area contributed by atoms with E-state index in [9.17, 15) is 0 Å². The number of hydrogen-bond acceptors (Lipinski definition) is 7. The van der Waals surface area contributed by atoms with Crippen molar-refractivity contribution < 1.29 is 0 Å². The van der Waals surface area contributed by atoms with Gasteiger partial charge in [0, 0.05) is 59.9 Å². The zero-order chi connectivity index (χ0) is 24.6. The number of hydrogen-bond donors (Lipinski definition) is 0. The minimum absolute atomic E-state index is 0.499. The third kappa shape index (κ3) is 4.21. The first kappa shape index (κ1) is 23.0. The van der Waals surface area contributed by atoms with Crippen LogP contribution in [-0.4, -0.2) is 55.7 Å². The lowest BCUT2D eigenvalue weighted by atomic mass is 10.2. The molecule has 0 spiro atoms. The Labute approximate surface area is 222 Å². The van der Waals surface area contributed by atoms with Gasteiger partial charge in [-0.3, -0.25) is 4.57 Å². The lowest BCUT2D eigenvalue weighted by Crippen LogP contribution is -2.47. The van der Waals surface area contributed by atoms with E-state index in [1.165, 1.54) is 0 Å². The third-order valence-electron chi connectivity index (χ3n) is 6.10. The molecule has 11 heteroatoms. The number of benzene rings is 2. The molecule has 8 nitrogen and oxygen atoms in total. The number of rotatable bonds is 4. The van der Waals surface area contributed by atoms with Crippen LogP contribution in [0.25, 0.3) is 28.2 Å². The summed E-state index contributed by atoms with van der Waals surface area (Å²) in [6, 6.07) is 14.7. The summed E-state index contributed by atoms with van der Waals surface area (Å²) < 4.78 is 1.97. The van der Waals surface area contributed by atoms with Crippen LogP contribution in [0.15, 0.2) is 67.3 Å². The van der Waals surface area contributed by atoms with Crippen molar-refractivity contribution in [2.45, 2.75) is 0 Å². The molecule has 0 aliphatic carbocycles. The van der Waals surface area contributed by atoms with E-state index in [2.05, 4.69) is 29.7 Å². The van der Waals surface area contributed by atoms with Crippen LogP contribution in [0.2, 0.25) is 15.1 Å². The number of anilines is 2. The Bertz CT molecular complexity index is 1530. The molecule has 0 amide bonds. The highest BCUT2D eigenvalue weighted by Gasteiger charge is 2.25. The molecule has 2 aromatic carbocycles. The molecule has 1 fully saturated rings. The quantitative estimate of drug-likeness (QED) is 0.297. The summed E-state index contributed by atoms with van der Waals surface area (Å²) >= 11 is 19.0. The van der Waals surface area contributed by atoms with Crippen LogP contribution in [0.3, 0.4) is 0 Å². The van der Waals surface area contributed by atoms with Gasteiger partial charge in [0.15, 0.2) is 17.0 Å². The summed E-state index contributed by atoms with van der Waals surface area (Å²) in [5.41, 5.74) is 2.97. The number of imidazole rings is 1. The van der Waals surface area contributed by atoms with Gasteiger partial charge < -0.3 is 9.80 Å². The Morgan fingerprint density at radius 1 is 0.722 bits per heavy atom. The molecule has 3 aromatic heterocycles. The second-order valence-corrected chi connectivity index (χ2v) is 9.54. The topological polar surface area (TPSA) is 75.9 Å². The SMILES string of the molecule is Clc1ccc(-n2c(-c3ccc(Cl)cc3Cl)nc3c(N4CCN(c5ncccn5)CC4)ncnc32)cc1. The molecule has 6 rings (SSSR count). The number of halogens is 3. The van der Waals surface area contributed by atoms with Gasteiger partial charge in [0.2, 0.25) is 5.95 Å². The van der Waals surface area contributed by atoms with E-state index in [-0.39, 0.29) is 0 Å². The predicted octanol–water partition coefficient (Wildman–Crippen LogP) is 5.56. The van der Waals surface area contributed by atoms with Gasteiger partial charge in [0.1, 0.15) is 12.2 Å². The largest absolute Gasteiger partial charge is 0.351 e. The van der Waals surface area contributed by atoms with Crippen molar-refractivity contribution in [3.8, 4) is 17.1 Å². The molecule has 1 saturated heterocycles. The summed E-state index contributed by atoms with van der Waals surface area (Å²) in [4.78, 5) is 27.4. The fourth-order valence-corrected chi connectivity index (χ4v) is 4.99. The molecule has 0 bridgehead atoms. The van der Waals surface area contributed by atoms with E-state index in [1.807, 2.05) is 41.0 Å². The smallest absolute Gasteiger partial charge is 0.225 e. The van der Waals surface area contributed by atoms with Gasteiger partial charge in [-0.15, -0.1) is 0 Å². The molecule has 180 valence electrons. The molecule has 5 aromatic rings. The maximum atomic E-state index is 6.62. The number of piperazine rings is 1. The van der Waals surface area contributed by atoms with E-state index < -0.39 is 0 Å². The van der Waals surface area contributed by atoms with E-state index in [1.54, 1.807) is 30.9 Å². The second-order valence-electron chi connectivity index (χ2n) is 8.26. The van der Waals surface area contributed by atoms with Gasteiger partial charge >= 0.3 is 0 Å². The highest BCUT2D eigenvalue weighted by Crippen LogP contribution is 2.36. The molecular formula is C25H19Cl3N8. The lowest BCUT2D eigenvalue weighted by Gasteiger charge is -2.35. The van der Waals surface area contributed by atoms with Gasteiger partial charge in [0.05, 0.1) is 5.02 Å². The molecule has 0 N–H and O–H groups in total. The van der Waals surface area contributed by atoms with Crippen LogP contribution in [0.5, 0.6) is 0 Å². The Kier molecular flexibility index (Phi) is 6.08. The molecule has 0 radical (unpaired) electrons. The monoisotopic (exact) mass is 536 g/mol. The summed E-state index contributed by atoms with van der Waals surface area (Å²) in [5.74, 6) is 2.15. The van der Waals surface area contributed by atoms with Crippen LogP contribution >= 0.6 is 34.8 Å². The maximum Gasteiger partial charge on any atom is 0.225 e. The Morgan fingerprint density at radius 3 is 2.14 bits per heavy atom. The van der Waals surface area contributed by atoms with Gasteiger partial charge in [-0.05, 0) is 48.5 Å².